The van der Waals surface area contributed by atoms with Crippen LogP contribution in [-0.4, -0.2) is 22.9 Å². The number of amides is 1. The number of carbonyl (C=O) groups excluding carboxylic acids is 1. The van der Waals surface area contributed by atoms with Crippen LogP contribution >= 0.6 is 0 Å². The number of carbonyl (C=O) groups is 1. The van der Waals surface area contributed by atoms with Gasteiger partial charge in [-0.2, -0.15) is 5.26 Å². The fourth-order valence-electron chi connectivity index (χ4n) is 2.39. The van der Waals surface area contributed by atoms with Crippen LogP contribution in [0.4, 0.5) is 0 Å². The minimum absolute atomic E-state index is 0.0602. The van der Waals surface area contributed by atoms with Crippen LogP contribution in [-0.2, 0) is 11.3 Å². The Kier molecular flexibility index (Phi) is 5.28. The summed E-state index contributed by atoms with van der Waals surface area (Å²) >= 11 is 0. The summed E-state index contributed by atoms with van der Waals surface area (Å²) < 4.78 is 10.5. The number of hydrogen-bond donors (Lipinski definition) is 3. The van der Waals surface area contributed by atoms with E-state index in [2.05, 4.69) is 5.32 Å². The molecule has 0 aliphatic carbocycles. The smallest absolute Gasteiger partial charge is 0.262 e. The molecule has 1 amide bonds. The minimum Gasteiger partial charge on any atom is -0.504 e. The second-order valence-electron chi connectivity index (χ2n) is 5.67. The van der Waals surface area contributed by atoms with E-state index in [1.54, 1.807) is 30.3 Å². The van der Waals surface area contributed by atoms with E-state index in [0.717, 1.165) is 5.56 Å². The Labute approximate surface area is 155 Å². The fourth-order valence-corrected chi connectivity index (χ4v) is 2.39. The van der Waals surface area contributed by atoms with Crippen LogP contribution in [0.5, 0.6) is 23.0 Å². The first-order chi connectivity index (χ1) is 13.1. The van der Waals surface area contributed by atoms with Gasteiger partial charge in [0.15, 0.2) is 23.0 Å². The second-order valence-corrected chi connectivity index (χ2v) is 5.67. The van der Waals surface area contributed by atoms with Crippen molar-refractivity contribution in [1.29, 1.82) is 5.26 Å². The summed E-state index contributed by atoms with van der Waals surface area (Å²) in [4.78, 5) is 12.2. The Hall–Kier alpha value is -3.92. The van der Waals surface area contributed by atoms with Crippen LogP contribution in [0.1, 0.15) is 11.1 Å². The quantitative estimate of drug-likeness (QED) is 0.325. The van der Waals surface area contributed by atoms with Crippen molar-refractivity contribution >= 4 is 12.0 Å². The zero-order chi connectivity index (χ0) is 19.2. The van der Waals surface area contributed by atoms with Gasteiger partial charge in [0.1, 0.15) is 11.6 Å². The van der Waals surface area contributed by atoms with Gasteiger partial charge in [-0.3, -0.25) is 4.79 Å². The van der Waals surface area contributed by atoms with Crippen molar-refractivity contribution in [1.82, 2.24) is 5.32 Å². The van der Waals surface area contributed by atoms with Gasteiger partial charge in [0, 0.05) is 6.54 Å². The molecule has 3 rings (SSSR count). The van der Waals surface area contributed by atoms with Gasteiger partial charge in [0.05, 0.1) is 0 Å². The second kappa shape index (κ2) is 7.97. The first-order valence-corrected chi connectivity index (χ1v) is 8.04. The number of allylic oxidation sites excluding steroid dienone is 2. The molecule has 2 aromatic rings. The molecule has 1 aliphatic rings. The maximum atomic E-state index is 12.2. The van der Waals surface area contributed by atoms with Crippen molar-refractivity contribution in [2.75, 3.05) is 6.79 Å². The third-order valence-electron chi connectivity index (χ3n) is 3.81. The zero-order valence-corrected chi connectivity index (χ0v) is 14.2. The van der Waals surface area contributed by atoms with E-state index < -0.39 is 5.91 Å². The number of aromatic hydroxyl groups is 2. The molecule has 0 saturated heterocycles. The zero-order valence-electron chi connectivity index (χ0n) is 14.2. The highest BCUT2D eigenvalue weighted by molar-refractivity contribution is 5.97. The molecule has 0 aromatic heterocycles. The van der Waals surface area contributed by atoms with Crippen LogP contribution in [0.2, 0.25) is 0 Å². The normalized spacial score (nSPS) is 12.8. The fraction of sp³-hybridized carbons (Fsp3) is 0.100. The number of rotatable bonds is 5. The summed E-state index contributed by atoms with van der Waals surface area (Å²) in [6.45, 7) is 0.418. The molecule has 2 aromatic carbocycles. The third kappa shape index (κ3) is 4.38. The highest BCUT2D eigenvalue weighted by Crippen LogP contribution is 2.32. The molecule has 0 spiro atoms. The van der Waals surface area contributed by atoms with Crippen molar-refractivity contribution in [3.63, 3.8) is 0 Å². The summed E-state index contributed by atoms with van der Waals surface area (Å²) in [6, 6.07) is 11.5. The standard InChI is InChI=1S/C20H16N2O5/c21-10-15(3-1-2-13-4-6-16(23)17(24)8-13)20(25)22-11-14-5-7-18-19(9-14)27-12-26-18/h1-9,23-24H,11-12H2,(H,22,25)/b2-1+,15-3+. The van der Waals surface area contributed by atoms with E-state index in [1.807, 2.05) is 6.07 Å². The molecule has 7 heteroatoms. The Balaban J connectivity index is 1.61. The summed E-state index contributed by atoms with van der Waals surface area (Å²) in [6.07, 6.45) is 4.49. The maximum Gasteiger partial charge on any atom is 0.262 e. The number of hydrogen-bond acceptors (Lipinski definition) is 6. The lowest BCUT2D eigenvalue weighted by Crippen LogP contribution is -2.23. The third-order valence-corrected chi connectivity index (χ3v) is 3.81. The van der Waals surface area contributed by atoms with E-state index in [9.17, 15) is 20.3 Å². The first-order valence-electron chi connectivity index (χ1n) is 8.04. The molecule has 0 bridgehead atoms. The van der Waals surface area contributed by atoms with Gasteiger partial charge in [-0.1, -0.05) is 24.3 Å². The number of nitrogens with zero attached hydrogens (tertiary/aromatic N) is 1. The number of fused-ring (bicyclic) bond motifs is 1. The summed E-state index contributed by atoms with van der Waals surface area (Å²) in [5, 5.41) is 30.6. The first kappa shape index (κ1) is 17.9. The van der Waals surface area contributed by atoms with E-state index >= 15 is 0 Å². The lowest BCUT2D eigenvalue weighted by Gasteiger charge is -2.05. The molecular formula is C20H16N2O5. The van der Waals surface area contributed by atoms with Crippen molar-refractivity contribution < 1.29 is 24.5 Å². The van der Waals surface area contributed by atoms with Gasteiger partial charge in [0.25, 0.3) is 5.91 Å². The molecule has 0 radical (unpaired) electrons. The molecule has 0 saturated carbocycles. The van der Waals surface area contributed by atoms with E-state index in [4.69, 9.17) is 9.47 Å². The molecule has 0 atom stereocenters. The van der Waals surface area contributed by atoms with Crippen LogP contribution in [0.15, 0.2) is 54.1 Å². The maximum absolute atomic E-state index is 12.2. The van der Waals surface area contributed by atoms with Crippen molar-refractivity contribution in [3.8, 4) is 29.1 Å². The van der Waals surface area contributed by atoms with E-state index in [0.29, 0.717) is 17.1 Å². The van der Waals surface area contributed by atoms with Gasteiger partial charge < -0.3 is 25.0 Å². The van der Waals surface area contributed by atoms with Crippen LogP contribution in [0, 0.1) is 11.3 Å². The molecule has 0 unspecified atom stereocenters. The number of phenols is 2. The molecule has 1 heterocycles. The molecule has 3 N–H and O–H groups in total. The summed E-state index contributed by atoms with van der Waals surface area (Å²) in [7, 11) is 0. The molecule has 1 aliphatic heterocycles. The van der Waals surface area contributed by atoms with Gasteiger partial charge in [-0.05, 0) is 41.5 Å². The van der Waals surface area contributed by atoms with E-state index in [-0.39, 0.29) is 30.4 Å². The highest BCUT2D eigenvalue weighted by atomic mass is 16.7. The lowest BCUT2D eigenvalue weighted by molar-refractivity contribution is -0.117. The largest absolute Gasteiger partial charge is 0.504 e. The Morgan fingerprint density at radius 1 is 1.15 bits per heavy atom. The predicted octanol–water partition coefficient (Wildman–Crippen LogP) is 2.61. The topological polar surface area (TPSA) is 112 Å². The molecule has 136 valence electrons. The number of ether oxygens (including phenoxy) is 2. The monoisotopic (exact) mass is 364 g/mol. The molecule has 0 fully saturated rings. The number of phenolic OH excluding ortho intramolecular Hbond substituents is 2. The van der Waals surface area contributed by atoms with Crippen LogP contribution < -0.4 is 14.8 Å². The van der Waals surface area contributed by atoms with Crippen LogP contribution in [0.25, 0.3) is 6.08 Å². The predicted molar refractivity (Wildman–Crippen MR) is 96.9 cm³/mol. The van der Waals surface area contributed by atoms with Gasteiger partial charge in [0.2, 0.25) is 6.79 Å². The molecular weight excluding hydrogens is 348 g/mol. The van der Waals surface area contributed by atoms with Crippen molar-refractivity contribution in [2.45, 2.75) is 6.54 Å². The Morgan fingerprint density at radius 2 is 1.96 bits per heavy atom. The van der Waals surface area contributed by atoms with Crippen molar-refractivity contribution in [2.24, 2.45) is 0 Å². The van der Waals surface area contributed by atoms with Gasteiger partial charge >= 0.3 is 0 Å². The average Bonchev–Trinajstić information content (AvgIpc) is 3.14. The highest BCUT2D eigenvalue weighted by Gasteiger charge is 2.14. The molecule has 7 nitrogen and oxygen atoms in total. The number of benzene rings is 2. The lowest BCUT2D eigenvalue weighted by atomic mass is 10.1. The number of nitriles is 1. The summed E-state index contributed by atoms with van der Waals surface area (Å²) in [5.41, 5.74) is 1.37. The Bertz CT molecular complexity index is 973. The van der Waals surface area contributed by atoms with Gasteiger partial charge in [-0.25, -0.2) is 0 Å². The number of nitrogens with one attached hydrogen (secondary N) is 1. The van der Waals surface area contributed by atoms with Crippen LogP contribution in [0.3, 0.4) is 0 Å². The minimum atomic E-state index is -0.506. The van der Waals surface area contributed by atoms with Crippen molar-refractivity contribution in [3.05, 3.63) is 65.3 Å². The summed E-state index contributed by atoms with van der Waals surface area (Å²) in [5.74, 6) is 0.311. The SMILES string of the molecule is N#C/C(=C\C=C\c1ccc(O)c(O)c1)C(=O)NCc1ccc2c(c1)OCO2. The average molecular weight is 364 g/mol. The van der Waals surface area contributed by atoms with E-state index in [1.165, 1.54) is 24.3 Å². The Morgan fingerprint density at radius 3 is 2.74 bits per heavy atom. The van der Waals surface area contributed by atoms with Gasteiger partial charge in [-0.15, -0.1) is 0 Å². The molecule has 27 heavy (non-hydrogen) atoms.